The Morgan fingerprint density at radius 2 is 1.93 bits per heavy atom. The van der Waals surface area contributed by atoms with Gasteiger partial charge in [0.1, 0.15) is 0 Å². The third-order valence-corrected chi connectivity index (χ3v) is 3.90. The van der Waals surface area contributed by atoms with E-state index in [-0.39, 0.29) is 0 Å². The van der Waals surface area contributed by atoms with Crippen LogP contribution in [0.2, 0.25) is 0 Å². The fourth-order valence-electron chi connectivity index (χ4n) is 3.63. The van der Waals surface area contributed by atoms with Crippen molar-refractivity contribution >= 4 is 0 Å². The molecule has 3 atom stereocenters. The lowest BCUT2D eigenvalue weighted by molar-refractivity contribution is 0.106. The molecule has 1 aliphatic rings. The van der Waals surface area contributed by atoms with Gasteiger partial charge >= 0.3 is 0 Å². The molecule has 1 saturated carbocycles. The van der Waals surface area contributed by atoms with Crippen LogP contribution in [0.15, 0.2) is 0 Å². The van der Waals surface area contributed by atoms with Crippen LogP contribution >= 0.6 is 0 Å². The van der Waals surface area contributed by atoms with Gasteiger partial charge in [-0.25, -0.2) is 0 Å². The number of hydrogen-bond acceptors (Lipinski definition) is 1. The molecule has 0 heterocycles. The maximum absolute atomic E-state index is 3.66. The van der Waals surface area contributed by atoms with Crippen LogP contribution in [0.25, 0.3) is 0 Å². The first-order valence-corrected chi connectivity index (χ1v) is 6.72. The SMILES string of the molecule is CCNC(CC)C1CC(C)CC(C)(C)C1. The molecule has 0 saturated heterocycles. The number of rotatable bonds is 4. The molecule has 1 N–H and O–H groups in total. The molecular weight excluding hydrogens is 182 g/mol. The van der Waals surface area contributed by atoms with Crippen molar-refractivity contribution < 1.29 is 0 Å². The lowest BCUT2D eigenvalue weighted by Crippen LogP contribution is -2.41. The predicted octanol–water partition coefficient (Wildman–Crippen LogP) is 3.84. The second-order valence-electron chi connectivity index (χ2n) is 6.25. The van der Waals surface area contributed by atoms with Crippen LogP contribution in [-0.4, -0.2) is 12.6 Å². The van der Waals surface area contributed by atoms with E-state index in [1.807, 2.05) is 0 Å². The monoisotopic (exact) mass is 211 g/mol. The molecule has 3 unspecified atom stereocenters. The van der Waals surface area contributed by atoms with Crippen molar-refractivity contribution in [2.24, 2.45) is 17.3 Å². The van der Waals surface area contributed by atoms with E-state index in [0.717, 1.165) is 24.4 Å². The van der Waals surface area contributed by atoms with Crippen molar-refractivity contribution in [2.45, 2.75) is 66.3 Å². The summed E-state index contributed by atoms with van der Waals surface area (Å²) in [7, 11) is 0. The van der Waals surface area contributed by atoms with Gasteiger partial charge in [0.15, 0.2) is 0 Å². The average Bonchev–Trinajstić information content (AvgIpc) is 2.10. The van der Waals surface area contributed by atoms with Gasteiger partial charge in [0.2, 0.25) is 0 Å². The minimum atomic E-state index is 0.561. The highest BCUT2D eigenvalue weighted by Crippen LogP contribution is 2.43. The molecule has 1 nitrogen and oxygen atoms in total. The molecule has 0 aromatic rings. The van der Waals surface area contributed by atoms with Crippen LogP contribution in [0.5, 0.6) is 0 Å². The van der Waals surface area contributed by atoms with E-state index in [0.29, 0.717) is 5.41 Å². The van der Waals surface area contributed by atoms with E-state index in [2.05, 4.69) is 39.9 Å². The van der Waals surface area contributed by atoms with Gasteiger partial charge in [-0.15, -0.1) is 0 Å². The lowest BCUT2D eigenvalue weighted by atomic mass is 9.66. The molecule has 0 amide bonds. The Morgan fingerprint density at radius 3 is 2.40 bits per heavy atom. The summed E-state index contributed by atoms with van der Waals surface area (Å²) in [5.74, 6) is 1.81. The van der Waals surface area contributed by atoms with Crippen LogP contribution < -0.4 is 5.32 Å². The van der Waals surface area contributed by atoms with Gasteiger partial charge in [-0.05, 0) is 49.5 Å². The zero-order valence-electron chi connectivity index (χ0n) is 11.3. The number of hydrogen-bond donors (Lipinski definition) is 1. The Bertz CT molecular complexity index is 186. The smallest absolute Gasteiger partial charge is 0.00928 e. The minimum absolute atomic E-state index is 0.561. The van der Waals surface area contributed by atoms with Crippen molar-refractivity contribution in [3.63, 3.8) is 0 Å². The van der Waals surface area contributed by atoms with Crippen molar-refractivity contribution in [1.82, 2.24) is 5.32 Å². The fourth-order valence-corrected chi connectivity index (χ4v) is 3.63. The largest absolute Gasteiger partial charge is 0.314 e. The van der Waals surface area contributed by atoms with E-state index < -0.39 is 0 Å². The van der Waals surface area contributed by atoms with Gasteiger partial charge in [-0.1, -0.05) is 34.6 Å². The van der Waals surface area contributed by atoms with Gasteiger partial charge < -0.3 is 5.32 Å². The molecule has 0 aliphatic heterocycles. The van der Waals surface area contributed by atoms with E-state index >= 15 is 0 Å². The third-order valence-electron chi connectivity index (χ3n) is 3.90. The molecular formula is C14H29N. The molecule has 0 bridgehead atoms. The Balaban J connectivity index is 2.59. The summed E-state index contributed by atoms with van der Waals surface area (Å²) >= 11 is 0. The summed E-state index contributed by atoms with van der Waals surface area (Å²) in [5, 5.41) is 3.66. The highest BCUT2D eigenvalue weighted by molar-refractivity contribution is 4.88. The fraction of sp³-hybridized carbons (Fsp3) is 1.00. The Kier molecular flexibility index (Phi) is 4.64. The van der Waals surface area contributed by atoms with Crippen LogP contribution in [0.1, 0.15) is 60.3 Å². The standard InChI is InChI=1S/C14H29N/c1-6-13(15-7-2)12-8-11(3)9-14(4,5)10-12/h11-13,15H,6-10H2,1-5H3. The van der Waals surface area contributed by atoms with Crippen molar-refractivity contribution in [3.05, 3.63) is 0 Å². The molecule has 1 rings (SSSR count). The topological polar surface area (TPSA) is 12.0 Å². The first-order valence-electron chi connectivity index (χ1n) is 6.72. The van der Waals surface area contributed by atoms with Crippen molar-refractivity contribution in [1.29, 1.82) is 0 Å². The molecule has 0 aromatic heterocycles. The minimum Gasteiger partial charge on any atom is -0.314 e. The average molecular weight is 211 g/mol. The zero-order chi connectivity index (χ0) is 11.5. The second-order valence-corrected chi connectivity index (χ2v) is 6.25. The summed E-state index contributed by atoms with van der Waals surface area (Å²) in [6.07, 6.45) is 5.52. The van der Waals surface area contributed by atoms with Crippen molar-refractivity contribution in [3.8, 4) is 0 Å². The normalized spacial score (nSPS) is 32.6. The highest BCUT2D eigenvalue weighted by Gasteiger charge is 2.34. The van der Waals surface area contributed by atoms with Crippen LogP contribution in [0, 0.1) is 17.3 Å². The van der Waals surface area contributed by atoms with Gasteiger partial charge in [-0.2, -0.15) is 0 Å². The lowest BCUT2D eigenvalue weighted by Gasteiger charge is -2.42. The molecule has 90 valence electrons. The highest BCUT2D eigenvalue weighted by atomic mass is 14.9. The Hall–Kier alpha value is -0.0400. The van der Waals surface area contributed by atoms with E-state index in [1.165, 1.54) is 25.7 Å². The van der Waals surface area contributed by atoms with Crippen molar-refractivity contribution in [2.75, 3.05) is 6.54 Å². The first-order chi connectivity index (χ1) is 6.98. The summed E-state index contributed by atoms with van der Waals surface area (Å²) in [5.41, 5.74) is 0.561. The van der Waals surface area contributed by atoms with Gasteiger partial charge in [0, 0.05) is 6.04 Å². The first kappa shape index (κ1) is 13.0. The zero-order valence-corrected chi connectivity index (χ0v) is 11.3. The summed E-state index contributed by atoms with van der Waals surface area (Å²) in [6.45, 7) is 13.0. The molecule has 0 aromatic carbocycles. The third kappa shape index (κ3) is 3.79. The number of nitrogens with one attached hydrogen (secondary N) is 1. The van der Waals surface area contributed by atoms with Gasteiger partial charge in [0.05, 0.1) is 0 Å². The molecule has 1 heteroatoms. The summed E-state index contributed by atoms with van der Waals surface area (Å²) < 4.78 is 0. The molecule has 1 aliphatic carbocycles. The van der Waals surface area contributed by atoms with Crippen LogP contribution in [0.4, 0.5) is 0 Å². The Labute approximate surface area is 96.0 Å². The van der Waals surface area contributed by atoms with E-state index in [4.69, 9.17) is 0 Å². The van der Waals surface area contributed by atoms with Gasteiger partial charge in [0.25, 0.3) is 0 Å². The van der Waals surface area contributed by atoms with Gasteiger partial charge in [-0.3, -0.25) is 0 Å². The quantitative estimate of drug-likeness (QED) is 0.745. The van der Waals surface area contributed by atoms with Crippen LogP contribution in [-0.2, 0) is 0 Å². The Morgan fingerprint density at radius 1 is 1.27 bits per heavy atom. The van der Waals surface area contributed by atoms with E-state index in [9.17, 15) is 0 Å². The molecule has 0 radical (unpaired) electrons. The van der Waals surface area contributed by atoms with E-state index in [1.54, 1.807) is 0 Å². The summed E-state index contributed by atoms with van der Waals surface area (Å²) in [4.78, 5) is 0. The predicted molar refractivity (Wildman–Crippen MR) is 68.0 cm³/mol. The molecule has 15 heavy (non-hydrogen) atoms. The molecule has 1 fully saturated rings. The summed E-state index contributed by atoms with van der Waals surface area (Å²) in [6, 6.07) is 0.747. The van der Waals surface area contributed by atoms with Crippen LogP contribution in [0.3, 0.4) is 0 Å². The maximum Gasteiger partial charge on any atom is 0.00928 e. The molecule has 0 spiro atoms. The maximum atomic E-state index is 3.66. The second kappa shape index (κ2) is 5.34.